The summed E-state index contributed by atoms with van der Waals surface area (Å²) in [7, 11) is 0. The molecule has 3 aromatic rings. The van der Waals surface area contributed by atoms with Crippen LogP contribution in [0.5, 0.6) is 5.75 Å². The zero-order valence-corrected chi connectivity index (χ0v) is 14.2. The third-order valence-corrected chi connectivity index (χ3v) is 4.33. The zero-order chi connectivity index (χ0) is 18.8. The molecule has 132 valence electrons. The number of nitro groups is 1. The Morgan fingerprint density at radius 1 is 0.852 bits per heavy atom. The van der Waals surface area contributed by atoms with Gasteiger partial charge in [0.05, 0.1) is 27.7 Å². The topological polar surface area (TPSA) is 88.1 Å². The van der Waals surface area contributed by atoms with Crippen LogP contribution < -0.4 is 0 Å². The van der Waals surface area contributed by atoms with Gasteiger partial charge in [-0.25, -0.2) is 0 Å². The molecule has 6 heteroatoms. The molecule has 27 heavy (non-hydrogen) atoms. The van der Waals surface area contributed by atoms with Gasteiger partial charge in [0.2, 0.25) is 0 Å². The molecule has 0 saturated carbocycles. The van der Waals surface area contributed by atoms with E-state index in [1.54, 1.807) is 30.3 Å². The predicted octanol–water partition coefficient (Wildman–Crippen LogP) is 4.95. The summed E-state index contributed by atoms with van der Waals surface area (Å²) in [6, 6.07) is 20.8. The minimum atomic E-state index is -0.424. The Balaban J connectivity index is 1.88. The molecule has 3 aromatic carbocycles. The molecule has 4 rings (SSSR count). The van der Waals surface area contributed by atoms with Crippen LogP contribution in [-0.2, 0) is 0 Å². The van der Waals surface area contributed by atoms with Gasteiger partial charge < -0.3 is 5.11 Å². The molecule has 6 nitrogen and oxygen atoms in total. The van der Waals surface area contributed by atoms with Gasteiger partial charge in [-0.2, -0.15) is 0 Å². The van der Waals surface area contributed by atoms with Gasteiger partial charge in [-0.05, 0) is 24.3 Å². The number of hydrogen-bond donors (Lipinski definition) is 1. The molecule has 1 heterocycles. The van der Waals surface area contributed by atoms with Crippen LogP contribution in [0.25, 0.3) is 0 Å². The van der Waals surface area contributed by atoms with Gasteiger partial charge in [0, 0.05) is 29.7 Å². The molecule has 0 aromatic heterocycles. The third kappa shape index (κ3) is 3.32. The first kappa shape index (κ1) is 16.7. The molecule has 0 fully saturated rings. The summed E-state index contributed by atoms with van der Waals surface area (Å²) in [5.74, 6) is 0.133. The molecular weight excluding hydrogens is 342 g/mol. The van der Waals surface area contributed by atoms with Crippen LogP contribution in [0.3, 0.4) is 0 Å². The van der Waals surface area contributed by atoms with E-state index in [2.05, 4.69) is 0 Å². The minimum absolute atomic E-state index is 0.00813. The normalized spacial score (nSPS) is 13.2. The fraction of sp³-hybridized carbons (Fsp3) is 0.0476. The van der Waals surface area contributed by atoms with E-state index in [1.165, 1.54) is 12.1 Å². The van der Waals surface area contributed by atoms with E-state index in [4.69, 9.17) is 9.98 Å². The van der Waals surface area contributed by atoms with E-state index in [-0.39, 0.29) is 11.4 Å². The van der Waals surface area contributed by atoms with Gasteiger partial charge in [0.25, 0.3) is 5.69 Å². The zero-order valence-electron chi connectivity index (χ0n) is 14.2. The van der Waals surface area contributed by atoms with Crippen molar-refractivity contribution in [2.24, 2.45) is 9.98 Å². The Bertz CT molecular complexity index is 1100. The molecule has 0 saturated heterocycles. The second-order valence-corrected chi connectivity index (χ2v) is 6.11. The summed E-state index contributed by atoms with van der Waals surface area (Å²) >= 11 is 0. The number of phenolic OH excluding ortho intramolecular Hbond substituents is 1. The van der Waals surface area contributed by atoms with Crippen LogP contribution in [-0.4, -0.2) is 21.5 Å². The highest BCUT2D eigenvalue weighted by molar-refractivity contribution is 6.21. The number of nitro benzene ring substituents is 1. The Morgan fingerprint density at radius 3 is 2.22 bits per heavy atom. The van der Waals surface area contributed by atoms with E-state index < -0.39 is 4.92 Å². The average Bonchev–Trinajstić information content (AvgIpc) is 2.88. The predicted molar refractivity (Wildman–Crippen MR) is 105 cm³/mol. The third-order valence-electron chi connectivity index (χ3n) is 4.33. The number of non-ortho nitro benzene ring substituents is 1. The monoisotopic (exact) mass is 357 g/mol. The van der Waals surface area contributed by atoms with Gasteiger partial charge >= 0.3 is 0 Å². The van der Waals surface area contributed by atoms with Gasteiger partial charge in [-0.3, -0.25) is 20.1 Å². The second-order valence-electron chi connectivity index (χ2n) is 6.11. The smallest absolute Gasteiger partial charge is 0.270 e. The lowest BCUT2D eigenvalue weighted by atomic mass is 9.99. The van der Waals surface area contributed by atoms with Crippen LogP contribution in [0.15, 0.2) is 82.8 Å². The summed E-state index contributed by atoms with van der Waals surface area (Å²) in [5.41, 5.74) is 3.97. The SMILES string of the molecule is O=[N+]([O-])c1cccc(C2=Nc3ccccc3N=C(c3ccccc3O)C2)c1. The first-order valence-corrected chi connectivity index (χ1v) is 8.39. The van der Waals surface area contributed by atoms with Crippen LogP contribution >= 0.6 is 0 Å². The molecule has 1 aliphatic heterocycles. The van der Waals surface area contributed by atoms with E-state index in [0.29, 0.717) is 40.3 Å². The average molecular weight is 357 g/mol. The van der Waals surface area contributed by atoms with E-state index in [9.17, 15) is 15.2 Å². The molecule has 0 spiro atoms. The number of aromatic hydroxyl groups is 1. The fourth-order valence-electron chi connectivity index (χ4n) is 3.02. The summed E-state index contributed by atoms with van der Waals surface area (Å²) in [6.45, 7) is 0. The number of benzene rings is 3. The summed E-state index contributed by atoms with van der Waals surface area (Å²) in [6.07, 6.45) is 0.341. The van der Waals surface area contributed by atoms with Crippen molar-refractivity contribution in [1.82, 2.24) is 0 Å². The molecule has 0 unspecified atom stereocenters. The maximum atomic E-state index is 11.1. The molecule has 0 bridgehead atoms. The Morgan fingerprint density at radius 2 is 1.52 bits per heavy atom. The number of aliphatic imine (C=N–C) groups is 2. The summed E-state index contributed by atoms with van der Waals surface area (Å²) in [4.78, 5) is 20.1. The van der Waals surface area contributed by atoms with Crippen molar-refractivity contribution in [1.29, 1.82) is 0 Å². The van der Waals surface area contributed by atoms with Crippen LogP contribution in [0.2, 0.25) is 0 Å². The number of rotatable bonds is 3. The Hall–Kier alpha value is -3.80. The standard InChI is InChI=1S/C21H15N3O3/c25-21-11-4-1-8-16(21)20-13-19(14-6-5-7-15(12-14)24(26)27)22-17-9-2-3-10-18(17)23-20/h1-12,25H,13H2. The Labute approximate surface area is 155 Å². The number of fused-ring (bicyclic) bond motifs is 1. The van der Waals surface area contributed by atoms with Crippen LogP contribution in [0.1, 0.15) is 17.5 Å². The van der Waals surface area contributed by atoms with Crippen molar-refractivity contribution < 1.29 is 10.0 Å². The van der Waals surface area contributed by atoms with Crippen molar-refractivity contribution in [2.45, 2.75) is 6.42 Å². The lowest BCUT2D eigenvalue weighted by Crippen LogP contribution is -2.10. The van der Waals surface area contributed by atoms with Crippen molar-refractivity contribution in [2.75, 3.05) is 0 Å². The van der Waals surface area contributed by atoms with Crippen molar-refractivity contribution in [3.63, 3.8) is 0 Å². The first-order chi connectivity index (χ1) is 13.1. The van der Waals surface area contributed by atoms with Crippen LogP contribution in [0.4, 0.5) is 17.1 Å². The Kier molecular flexibility index (Phi) is 4.22. The molecule has 0 radical (unpaired) electrons. The number of para-hydroxylation sites is 3. The molecule has 1 aliphatic rings. The second kappa shape index (κ2) is 6.84. The first-order valence-electron chi connectivity index (χ1n) is 8.39. The van der Waals surface area contributed by atoms with Gasteiger partial charge in [-0.1, -0.05) is 36.4 Å². The quantitative estimate of drug-likeness (QED) is 0.531. The van der Waals surface area contributed by atoms with Crippen molar-refractivity contribution >= 4 is 28.5 Å². The highest BCUT2D eigenvalue weighted by Crippen LogP contribution is 2.34. The highest BCUT2D eigenvalue weighted by Gasteiger charge is 2.19. The lowest BCUT2D eigenvalue weighted by molar-refractivity contribution is -0.384. The maximum Gasteiger partial charge on any atom is 0.270 e. The van der Waals surface area contributed by atoms with E-state index in [0.717, 1.165) is 0 Å². The molecular formula is C21H15N3O3. The highest BCUT2D eigenvalue weighted by atomic mass is 16.6. The number of phenols is 1. The minimum Gasteiger partial charge on any atom is -0.507 e. The number of nitrogens with zero attached hydrogens (tertiary/aromatic N) is 3. The van der Waals surface area contributed by atoms with E-state index >= 15 is 0 Å². The largest absolute Gasteiger partial charge is 0.507 e. The number of hydrogen-bond acceptors (Lipinski definition) is 5. The van der Waals surface area contributed by atoms with Gasteiger partial charge in [-0.15, -0.1) is 0 Å². The van der Waals surface area contributed by atoms with Gasteiger partial charge in [0.1, 0.15) is 5.75 Å². The molecule has 1 N–H and O–H groups in total. The summed E-state index contributed by atoms with van der Waals surface area (Å²) < 4.78 is 0. The lowest BCUT2D eigenvalue weighted by Gasteiger charge is -2.09. The maximum absolute atomic E-state index is 11.1. The van der Waals surface area contributed by atoms with Crippen molar-refractivity contribution in [3.05, 3.63) is 94.0 Å². The molecule has 0 amide bonds. The van der Waals surface area contributed by atoms with Gasteiger partial charge in [0.15, 0.2) is 0 Å². The van der Waals surface area contributed by atoms with Crippen LogP contribution in [0, 0.1) is 10.1 Å². The van der Waals surface area contributed by atoms with E-state index in [1.807, 2.05) is 30.3 Å². The van der Waals surface area contributed by atoms with Crippen molar-refractivity contribution in [3.8, 4) is 5.75 Å². The fourth-order valence-corrected chi connectivity index (χ4v) is 3.02. The molecule has 0 atom stereocenters. The molecule has 0 aliphatic carbocycles. The summed E-state index contributed by atoms with van der Waals surface area (Å²) in [5, 5.41) is 21.4.